The number of ether oxygens (including phenoxy) is 1. The molecule has 0 N–H and O–H groups in total. The Labute approximate surface area is 98.6 Å². The molecule has 2 unspecified atom stereocenters. The minimum atomic E-state index is 0.270. The first-order valence-corrected chi connectivity index (χ1v) is 6.79. The summed E-state index contributed by atoms with van der Waals surface area (Å²) in [7, 11) is 0. The van der Waals surface area contributed by atoms with Gasteiger partial charge in [-0.15, -0.1) is 0 Å². The molecule has 1 heterocycles. The van der Waals surface area contributed by atoms with Gasteiger partial charge in [-0.1, -0.05) is 36.6 Å². The fraction of sp³-hybridized carbons (Fsp3) is 0.733. The maximum absolute atomic E-state index is 5.75. The predicted octanol–water partition coefficient (Wildman–Crippen LogP) is 3.86. The van der Waals surface area contributed by atoms with Crippen molar-refractivity contribution in [2.75, 3.05) is 6.61 Å². The van der Waals surface area contributed by atoms with Gasteiger partial charge >= 0.3 is 0 Å². The van der Waals surface area contributed by atoms with E-state index in [1.54, 1.807) is 0 Å². The summed E-state index contributed by atoms with van der Waals surface area (Å²) < 4.78 is 5.75. The van der Waals surface area contributed by atoms with Gasteiger partial charge in [0.05, 0.1) is 12.2 Å². The maximum Gasteiger partial charge on any atom is 0.0981 e. The van der Waals surface area contributed by atoms with Crippen LogP contribution in [0, 0.1) is 11.8 Å². The summed E-state index contributed by atoms with van der Waals surface area (Å²) in [4.78, 5) is 0. The van der Waals surface area contributed by atoms with Crippen molar-refractivity contribution >= 4 is 0 Å². The van der Waals surface area contributed by atoms with Crippen molar-refractivity contribution in [3.8, 4) is 0 Å². The first kappa shape index (κ1) is 10.6. The van der Waals surface area contributed by atoms with E-state index in [9.17, 15) is 0 Å². The largest absolute Gasteiger partial charge is 0.369 e. The lowest BCUT2D eigenvalue weighted by atomic mass is 9.75. The number of hydrogen-bond acceptors (Lipinski definition) is 1. The lowest BCUT2D eigenvalue weighted by Gasteiger charge is -2.29. The smallest absolute Gasteiger partial charge is 0.0981 e. The van der Waals surface area contributed by atoms with E-state index in [2.05, 4.69) is 25.2 Å². The molecule has 88 valence electrons. The molecule has 0 radical (unpaired) electrons. The first-order valence-electron chi connectivity index (χ1n) is 6.79. The molecule has 0 amide bonds. The highest BCUT2D eigenvalue weighted by molar-refractivity contribution is 5.21. The van der Waals surface area contributed by atoms with Crippen LogP contribution in [0.3, 0.4) is 0 Å². The molecular weight excluding hydrogens is 196 g/mol. The standard InChI is InChI=1S/C15H22O/c1-12(5-4-6-13-8-9-13)14-7-2-3-10-15(14)11-16-15/h4-6,13-14H,2-3,7-11H2,1H3/b6-4+,12-5+. The van der Waals surface area contributed by atoms with Crippen LogP contribution in [0.25, 0.3) is 0 Å². The molecule has 1 aliphatic heterocycles. The second-order valence-corrected chi connectivity index (χ2v) is 5.78. The molecule has 0 aromatic heterocycles. The van der Waals surface area contributed by atoms with E-state index in [4.69, 9.17) is 4.74 Å². The third-order valence-corrected chi connectivity index (χ3v) is 4.41. The van der Waals surface area contributed by atoms with Gasteiger partial charge in [-0.25, -0.2) is 0 Å². The van der Waals surface area contributed by atoms with Gasteiger partial charge in [-0.2, -0.15) is 0 Å². The van der Waals surface area contributed by atoms with E-state index >= 15 is 0 Å². The molecule has 2 saturated carbocycles. The van der Waals surface area contributed by atoms with Gasteiger partial charge in [0.25, 0.3) is 0 Å². The van der Waals surface area contributed by atoms with Crippen LogP contribution in [0.15, 0.2) is 23.8 Å². The maximum atomic E-state index is 5.75. The van der Waals surface area contributed by atoms with Gasteiger partial charge in [0.2, 0.25) is 0 Å². The summed E-state index contributed by atoms with van der Waals surface area (Å²) in [6.07, 6.45) is 15.1. The van der Waals surface area contributed by atoms with Crippen molar-refractivity contribution in [1.82, 2.24) is 0 Å². The zero-order valence-electron chi connectivity index (χ0n) is 10.2. The summed E-state index contributed by atoms with van der Waals surface area (Å²) in [5, 5.41) is 0. The van der Waals surface area contributed by atoms with Gasteiger partial charge in [-0.05, 0) is 38.5 Å². The van der Waals surface area contributed by atoms with E-state index in [0.717, 1.165) is 12.5 Å². The van der Waals surface area contributed by atoms with Crippen molar-refractivity contribution in [3.63, 3.8) is 0 Å². The molecule has 0 bridgehead atoms. The van der Waals surface area contributed by atoms with E-state index in [1.807, 2.05) is 0 Å². The summed E-state index contributed by atoms with van der Waals surface area (Å²) in [5.41, 5.74) is 1.81. The molecule has 3 rings (SSSR count). The Morgan fingerprint density at radius 1 is 1.25 bits per heavy atom. The topological polar surface area (TPSA) is 12.5 Å². The van der Waals surface area contributed by atoms with Gasteiger partial charge in [0.1, 0.15) is 0 Å². The SMILES string of the molecule is C/C(=C\C=C\C1CC1)C1CCCCC12CO2. The molecule has 0 aromatic rings. The van der Waals surface area contributed by atoms with E-state index in [-0.39, 0.29) is 5.60 Å². The molecule has 1 spiro atoms. The Bertz CT molecular complexity index is 318. The summed E-state index contributed by atoms with van der Waals surface area (Å²) in [6, 6.07) is 0. The van der Waals surface area contributed by atoms with Crippen molar-refractivity contribution in [2.45, 2.75) is 51.0 Å². The quantitative estimate of drug-likeness (QED) is 0.517. The van der Waals surface area contributed by atoms with E-state index in [0.29, 0.717) is 5.92 Å². The lowest BCUT2D eigenvalue weighted by Crippen LogP contribution is -2.29. The van der Waals surface area contributed by atoms with Crippen LogP contribution >= 0.6 is 0 Å². The number of allylic oxidation sites excluding steroid dienone is 3. The minimum Gasteiger partial charge on any atom is -0.369 e. The molecule has 3 aliphatic rings. The normalized spacial score (nSPS) is 39.6. The van der Waals surface area contributed by atoms with Crippen LogP contribution in [-0.2, 0) is 4.74 Å². The fourth-order valence-electron chi connectivity index (χ4n) is 3.06. The predicted molar refractivity (Wildman–Crippen MR) is 66.3 cm³/mol. The first-order chi connectivity index (χ1) is 7.80. The molecule has 1 nitrogen and oxygen atoms in total. The van der Waals surface area contributed by atoms with Gasteiger partial charge in [0, 0.05) is 5.92 Å². The van der Waals surface area contributed by atoms with Crippen LogP contribution < -0.4 is 0 Å². The molecule has 16 heavy (non-hydrogen) atoms. The zero-order valence-corrected chi connectivity index (χ0v) is 10.2. The van der Waals surface area contributed by atoms with E-state index in [1.165, 1.54) is 44.1 Å². The fourth-order valence-corrected chi connectivity index (χ4v) is 3.06. The van der Waals surface area contributed by atoms with Crippen molar-refractivity contribution in [2.24, 2.45) is 11.8 Å². The second-order valence-electron chi connectivity index (χ2n) is 5.78. The molecule has 2 aliphatic carbocycles. The van der Waals surface area contributed by atoms with Crippen LogP contribution in [0.4, 0.5) is 0 Å². The Morgan fingerprint density at radius 2 is 2.06 bits per heavy atom. The average molecular weight is 218 g/mol. The Morgan fingerprint density at radius 3 is 2.75 bits per heavy atom. The second kappa shape index (κ2) is 4.03. The third kappa shape index (κ3) is 2.10. The van der Waals surface area contributed by atoms with E-state index < -0.39 is 0 Å². The van der Waals surface area contributed by atoms with Crippen LogP contribution in [0.1, 0.15) is 45.4 Å². The molecular formula is C15H22O. The van der Waals surface area contributed by atoms with Gasteiger partial charge in [-0.3, -0.25) is 0 Å². The Balaban J connectivity index is 1.65. The van der Waals surface area contributed by atoms with Gasteiger partial charge in [0.15, 0.2) is 0 Å². The molecule has 3 fully saturated rings. The van der Waals surface area contributed by atoms with Crippen LogP contribution in [0.5, 0.6) is 0 Å². The molecule has 1 saturated heterocycles. The Kier molecular flexibility index (Phi) is 2.67. The number of epoxide rings is 1. The summed E-state index contributed by atoms with van der Waals surface area (Å²) >= 11 is 0. The monoisotopic (exact) mass is 218 g/mol. The highest BCUT2D eigenvalue weighted by Crippen LogP contribution is 2.49. The van der Waals surface area contributed by atoms with Crippen LogP contribution in [0.2, 0.25) is 0 Å². The Hall–Kier alpha value is -0.560. The highest BCUT2D eigenvalue weighted by Gasteiger charge is 2.52. The van der Waals surface area contributed by atoms with Crippen molar-refractivity contribution in [1.29, 1.82) is 0 Å². The van der Waals surface area contributed by atoms with Crippen molar-refractivity contribution < 1.29 is 4.74 Å². The number of hydrogen-bond donors (Lipinski definition) is 0. The minimum absolute atomic E-state index is 0.270. The average Bonchev–Trinajstić information content (AvgIpc) is 3.17. The van der Waals surface area contributed by atoms with Crippen molar-refractivity contribution in [3.05, 3.63) is 23.8 Å². The third-order valence-electron chi connectivity index (χ3n) is 4.41. The lowest BCUT2D eigenvalue weighted by molar-refractivity contribution is 0.182. The number of rotatable bonds is 3. The summed E-state index contributed by atoms with van der Waals surface area (Å²) in [6.45, 7) is 3.30. The molecule has 0 aromatic carbocycles. The highest BCUT2D eigenvalue weighted by atomic mass is 16.6. The molecule has 1 heteroatoms. The van der Waals surface area contributed by atoms with Gasteiger partial charge < -0.3 is 4.74 Å². The molecule has 2 atom stereocenters. The zero-order chi connectivity index (χ0) is 11.0. The van der Waals surface area contributed by atoms with Crippen LogP contribution in [-0.4, -0.2) is 12.2 Å². The summed E-state index contributed by atoms with van der Waals surface area (Å²) in [5.74, 6) is 1.59.